The first kappa shape index (κ1) is 15.7. The van der Waals surface area contributed by atoms with Crippen LogP contribution in [0.3, 0.4) is 0 Å². The fourth-order valence-electron chi connectivity index (χ4n) is 1.81. The maximum atomic E-state index is 4.44. The third kappa shape index (κ3) is 4.69. The first-order chi connectivity index (χ1) is 9.04. The van der Waals surface area contributed by atoms with Gasteiger partial charge in [0, 0.05) is 17.6 Å². The van der Waals surface area contributed by atoms with Gasteiger partial charge in [-0.1, -0.05) is 27.2 Å². The van der Waals surface area contributed by atoms with E-state index in [0.717, 1.165) is 43.9 Å². The third-order valence-electron chi connectivity index (χ3n) is 3.33. The Labute approximate surface area is 117 Å². The van der Waals surface area contributed by atoms with E-state index in [4.69, 9.17) is 0 Å². The van der Waals surface area contributed by atoms with Crippen LogP contribution in [0.4, 0.5) is 11.6 Å². The zero-order valence-electron chi connectivity index (χ0n) is 13.0. The first-order valence-electron chi connectivity index (χ1n) is 7.40. The Morgan fingerprint density at radius 2 is 1.74 bits per heavy atom. The minimum absolute atomic E-state index is 0.0544. The minimum atomic E-state index is 0.0544. The van der Waals surface area contributed by atoms with Gasteiger partial charge in [-0.15, -0.1) is 0 Å². The lowest BCUT2D eigenvalue weighted by Crippen LogP contribution is -2.31. The van der Waals surface area contributed by atoms with Gasteiger partial charge in [0.25, 0.3) is 0 Å². The monoisotopic (exact) mass is 264 g/mol. The van der Waals surface area contributed by atoms with Crippen molar-refractivity contribution in [2.75, 3.05) is 17.2 Å². The van der Waals surface area contributed by atoms with Gasteiger partial charge in [0.1, 0.15) is 18.0 Å². The zero-order chi connectivity index (χ0) is 14.3. The Morgan fingerprint density at radius 3 is 2.32 bits per heavy atom. The van der Waals surface area contributed by atoms with Crippen molar-refractivity contribution in [3.05, 3.63) is 11.9 Å². The second-order valence-electron chi connectivity index (χ2n) is 5.59. The van der Waals surface area contributed by atoms with Crippen molar-refractivity contribution in [2.45, 2.75) is 65.8 Å². The Balaban J connectivity index is 3.01. The van der Waals surface area contributed by atoms with E-state index in [2.05, 4.69) is 55.2 Å². The lowest BCUT2D eigenvalue weighted by molar-refractivity contribution is 0.543. The highest BCUT2D eigenvalue weighted by atomic mass is 15.1. The van der Waals surface area contributed by atoms with Gasteiger partial charge in [0.05, 0.1) is 0 Å². The summed E-state index contributed by atoms with van der Waals surface area (Å²) in [4.78, 5) is 8.83. The largest absolute Gasteiger partial charge is 0.370 e. The molecular weight excluding hydrogens is 236 g/mol. The molecule has 1 aromatic rings. The molecule has 1 aromatic heterocycles. The number of rotatable bonds is 8. The van der Waals surface area contributed by atoms with Crippen LogP contribution >= 0.6 is 0 Å². The van der Waals surface area contributed by atoms with E-state index in [1.54, 1.807) is 6.33 Å². The molecule has 0 aromatic carbocycles. The number of hydrogen-bond donors (Lipinski definition) is 2. The average Bonchev–Trinajstić information content (AvgIpc) is 2.39. The molecule has 4 heteroatoms. The second kappa shape index (κ2) is 7.31. The maximum Gasteiger partial charge on any atom is 0.135 e. The van der Waals surface area contributed by atoms with Gasteiger partial charge in [-0.25, -0.2) is 9.97 Å². The summed E-state index contributed by atoms with van der Waals surface area (Å²) in [5.41, 5.74) is 1.26. The van der Waals surface area contributed by atoms with Gasteiger partial charge in [0.15, 0.2) is 0 Å². The number of hydrogen-bond acceptors (Lipinski definition) is 4. The predicted molar refractivity (Wildman–Crippen MR) is 82.8 cm³/mol. The van der Waals surface area contributed by atoms with E-state index in [1.807, 2.05) is 0 Å². The molecule has 0 spiro atoms. The molecule has 19 heavy (non-hydrogen) atoms. The fraction of sp³-hybridized carbons (Fsp3) is 0.733. The molecule has 0 bridgehead atoms. The van der Waals surface area contributed by atoms with Crippen LogP contribution in [0.15, 0.2) is 6.33 Å². The predicted octanol–water partition coefficient (Wildman–Crippen LogP) is 3.85. The molecule has 0 fully saturated rings. The number of anilines is 2. The van der Waals surface area contributed by atoms with Gasteiger partial charge >= 0.3 is 0 Å². The molecule has 0 aliphatic rings. The van der Waals surface area contributed by atoms with Crippen molar-refractivity contribution >= 4 is 11.6 Å². The molecule has 108 valence electrons. The summed E-state index contributed by atoms with van der Waals surface area (Å²) in [5, 5.41) is 6.95. The van der Waals surface area contributed by atoms with Crippen LogP contribution in [0.5, 0.6) is 0 Å². The molecule has 0 amide bonds. The molecule has 0 radical (unpaired) electrons. The van der Waals surface area contributed by atoms with E-state index >= 15 is 0 Å². The maximum absolute atomic E-state index is 4.44. The van der Waals surface area contributed by atoms with Crippen LogP contribution in [0, 0.1) is 0 Å². The van der Waals surface area contributed by atoms with Crippen molar-refractivity contribution < 1.29 is 0 Å². The van der Waals surface area contributed by atoms with Crippen LogP contribution in [-0.2, 0) is 6.42 Å². The molecule has 2 N–H and O–H groups in total. The number of aromatic nitrogens is 2. The smallest absolute Gasteiger partial charge is 0.135 e. The molecule has 0 atom stereocenters. The summed E-state index contributed by atoms with van der Waals surface area (Å²) in [6, 6.07) is 0. The SMILES string of the molecule is CCCNc1ncnc(NC(C)(C)CC)c1CCC. The highest BCUT2D eigenvalue weighted by Gasteiger charge is 2.18. The van der Waals surface area contributed by atoms with Crippen molar-refractivity contribution in [3.8, 4) is 0 Å². The lowest BCUT2D eigenvalue weighted by Gasteiger charge is -2.27. The van der Waals surface area contributed by atoms with E-state index in [0.29, 0.717) is 0 Å². The fourth-order valence-corrected chi connectivity index (χ4v) is 1.81. The summed E-state index contributed by atoms with van der Waals surface area (Å²) in [5.74, 6) is 1.95. The summed E-state index contributed by atoms with van der Waals surface area (Å²) in [6.07, 6.45) is 5.88. The standard InChI is InChI=1S/C15H28N4/c1-6-9-12-13(16-10-7-2)17-11-18-14(12)19-15(4,5)8-3/h11H,6-10H2,1-5H3,(H2,16,17,18,19). The van der Waals surface area contributed by atoms with Crippen LogP contribution < -0.4 is 10.6 Å². The normalized spacial score (nSPS) is 11.4. The van der Waals surface area contributed by atoms with Gasteiger partial charge in [-0.3, -0.25) is 0 Å². The van der Waals surface area contributed by atoms with Crippen molar-refractivity contribution in [2.24, 2.45) is 0 Å². The Morgan fingerprint density at radius 1 is 1.05 bits per heavy atom. The first-order valence-corrected chi connectivity index (χ1v) is 7.40. The van der Waals surface area contributed by atoms with Crippen molar-refractivity contribution in [3.63, 3.8) is 0 Å². The summed E-state index contributed by atoms with van der Waals surface area (Å²) in [6.45, 7) is 11.9. The highest BCUT2D eigenvalue weighted by Crippen LogP contribution is 2.25. The lowest BCUT2D eigenvalue weighted by atomic mass is 10.0. The van der Waals surface area contributed by atoms with Gasteiger partial charge < -0.3 is 10.6 Å². The zero-order valence-corrected chi connectivity index (χ0v) is 13.0. The molecule has 4 nitrogen and oxygen atoms in total. The molecule has 0 unspecified atom stereocenters. The number of nitrogens with one attached hydrogen (secondary N) is 2. The summed E-state index contributed by atoms with van der Waals surface area (Å²) < 4.78 is 0. The average molecular weight is 264 g/mol. The minimum Gasteiger partial charge on any atom is -0.370 e. The third-order valence-corrected chi connectivity index (χ3v) is 3.33. The van der Waals surface area contributed by atoms with E-state index in [1.165, 1.54) is 5.56 Å². The van der Waals surface area contributed by atoms with Crippen LogP contribution in [0.1, 0.15) is 59.4 Å². The second-order valence-corrected chi connectivity index (χ2v) is 5.59. The molecular formula is C15H28N4. The molecule has 0 aliphatic heterocycles. The van der Waals surface area contributed by atoms with Gasteiger partial charge in [0.2, 0.25) is 0 Å². The number of nitrogens with zero attached hydrogens (tertiary/aromatic N) is 2. The Kier molecular flexibility index (Phi) is 6.06. The van der Waals surface area contributed by atoms with Crippen molar-refractivity contribution in [1.82, 2.24) is 9.97 Å². The van der Waals surface area contributed by atoms with Gasteiger partial charge in [-0.05, 0) is 33.1 Å². The Hall–Kier alpha value is -1.32. The van der Waals surface area contributed by atoms with Crippen LogP contribution in [0.25, 0.3) is 0 Å². The quantitative estimate of drug-likeness (QED) is 0.748. The molecule has 1 rings (SSSR count). The van der Waals surface area contributed by atoms with E-state index in [-0.39, 0.29) is 5.54 Å². The van der Waals surface area contributed by atoms with E-state index in [9.17, 15) is 0 Å². The van der Waals surface area contributed by atoms with Gasteiger partial charge in [-0.2, -0.15) is 0 Å². The molecule has 0 saturated carbocycles. The van der Waals surface area contributed by atoms with Crippen molar-refractivity contribution in [1.29, 1.82) is 0 Å². The summed E-state index contributed by atoms with van der Waals surface area (Å²) >= 11 is 0. The van der Waals surface area contributed by atoms with E-state index < -0.39 is 0 Å². The molecule has 1 heterocycles. The summed E-state index contributed by atoms with van der Waals surface area (Å²) in [7, 11) is 0. The van der Waals surface area contributed by atoms with Crippen LogP contribution in [-0.4, -0.2) is 22.1 Å². The topological polar surface area (TPSA) is 49.8 Å². The molecule has 0 aliphatic carbocycles. The highest BCUT2D eigenvalue weighted by molar-refractivity contribution is 5.58. The Bertz CT molecular complexity index is 388. The van der Waals surface area contributed by atoms with Crippen LogP contribution in [0.2, 0.25) is 0 Å². The molecule has 0 saturated heterocycles.